The van der Waals surface area contributed by atoms with E-state index in [0.717, 1.165) is 20.7 Å². The summed E-state index contributed by atoms with van der Waals surface area (Å²) >= 11 is 2.93. The number of benzene rings is 3. The van der Waals surface area contributed by atoms with Gasteiger partial charge < -0.3 is 10.6 Å². The van der Waals surface area contributed by atoms with E-state index in [0.29, 0.717) is 10.8 Å². The Labute approximate surface area is 200 Å². The molecule has 33 heavy (non-hydrogen) atoms. The van der Waals surface area contributed by atoms with Crippen molar-refractivity contribution in [1.29, 1.82) is 0 Å². The molecule has 7 heteroatoms. The van der Waals surface area contributed by atoms with Crippen LogP contribution < -0.4 is 10.6 Å². The van der Waals surface area contributed by atoms with Gasteiger partial charge in [-0.3, -0.25) is 9.59 Å². The van der Waals surface area contributed by atoms with E-state index in [9.17, 15) is 9.59 Å². The Hall–Kier alpha value is -3.42. The minimum Gasteiger partial charge on any atom is -0.323 e. The van der Waals surface area contributed by atoms with Gasteiger partial charge in [0.1, 0.15) is 0 Å². The first-order valence-electron chi connectivity index (χ1n) is 10.5. The van der Waals surface area contributed by atoms with Crippen molar-refractivity contribution >= 4 is 62.0 Å². The van der Waals surface area contributed by atoms with Gasteiger partial charge in [-0.1, -0.05) is 47.7 Å². The number of hydrogen-bond donors (Lipinski definition) is 2. The Kier molecular flexibility index (Phi) is 7.22. The summed E-state index contributed by atoms with van der Waals surface area (Å²) in [6.07, 6.45) is 3.28. The Morgan fingerprint density at radius 3 is 2.52 bits per heavy atom. The molecule has 0 saturated heterocycles. The molecule has 0 aliphatic carbocycles. The van der Waals surface area contributed by atoms with Gasteiger partial charge in [0.05, 0.1) is 15.5 Å². The van der Waals surface area contributed by atoms with Crippen molar-refractivity contribution < 1.29 is 9.59 Å². The van der Waals surface area contributed by atoms with E-state index < -0.39 is 0 Å². The molecule has 1 heterocycles. The van der Waals surface area contributed by atoms with Crippen LogP contribution in [0.1, 0.15) is 18.1 Å². The molecule has 0 radical (unpaired) electrons. The van der Waals surface area contributed by atoms with Crippen LogP contribution in [-0.4, -0.2) is 22.0 Å². The molecule has 4 rings (SSSR count). The average molecular weight is 474 g/mol. The maximum Gasteiger partial charge on any atom is 0.248 e. The van der Waals surface area contributed by atoms with Gasteiger partial charge in [-0.2, -0.15) is 0 Å². The number of amides is 2. The Bertz CT molecular complexity index is 1300. The summed E-state index contributed by atoms with van der Waals surface area (Å²) < 4.78 is 1.06. The number of aromatic nitrogens is 1. The number of carbonyl (C=O) groups excluding carboxylic acids is 2. The fourth-order valence-electron chi connectivity index (χ4n) is 3.09. The number of anilines is 2. The van der Waals surface area contributed by atoms with Gasteiger partial charge in [0, 0.05) is 16.7 Å². The van der Waals surface area contributed by atoms with Crippen LogP contribution in [0, 0.1) is 6.92 Å². The van der Waals surface area contributed by atoms with Crippen LogP contribution in [-0.2, 0) is 9.59 Å². The third-order valence-corrected chi connectivity index (χ3v) is 6.85. The maximum absolute atomic E-state index is 12.6. The minimum absolute atomic E-state index is 0.0980. The highest BCUT2D eigenvalue weighted by molar-refractivity contribution is 8.00. The van der Waals surface area contributed by atoms with Crippen LogP contribution in [0.25, 0.3) is 16.3 Å². The highest BCUT2D eigenvalue weighted by Gasteiger charge is 2.16. The van der Waals surface area contributed by atoms with Crippen molar-refractivity contribution in [3.8, 4) is 0 Å². The van der Waals surface area contributed by atoms with Gasteiger partial charge in [0.25, 0.3) is 0 Å². The number of hydrogen-bond acceptors (Lipinski definition) is 5. The number of nitrogens with one attached hydrogen (secondary N) is 2. The second-order valence-electron chi connectivity index (χ2n) is 7.50. The number of thioether (sulfide) groups is 1. The molecule has 5 nitrogen and oxygen atoms in total. The number of rotatable bonds is 7. The first-order chi connectivity index (χ1) is 16.0. The topological polar surface area (TPSA) is 71.1 Å². The van der Waals surface area contributed by atoms with Gasteiger partial charge in [-0.05, 0) is 67.4 Å². The fourth-order valence-corrected chi connectivity index (χ4v) is 4.92. The van der Waals surface area contributed by atoms with Crippen LogP contribution in [0.3, 0.4) is 0 Å². The lowest BCUT2D eigenvalue weighted by Gasteiger charge is -2.11. The fraction of sp³-hybridized carbons (Fsp3) is 0.115. The van der Waals surface area contributed by atoms with Gasteiger partial charge in [-0.15, -0.1) is 11.8 Å². The molecule has 2 amide bonds. The van der Waals surface area contributed by atoms with Crippen LogP contribution in [0.4, 0.5) is 10.8 Å². The molecule has 0 aliphatic rings. The summed E-state index contributed by atoms with van der Waals surface area (Å²) in [4.78, 5) is 30.2. The third-order valence-electron chi connectivity index (χ3n) is 4.80. The van der Waals surface area contributed by atoms with E-state index in [2.05, 4.69) is 21.7 Å². The number of thiazole rings is 1. The van der Waals surface area contributed by atoms with Crippen molar-refractivity contribution in [2.24, 2.45) is 0 Å². The second-order valence-corrected chi connectivity index (χ2v) is 9.94. The SMILES string of the molecule is Cc1ccc2nc(NC(=O)C(C)Sc3ccc(NC(=O)/C=C/c4ccccc4)cc3)sc2c1. The van der Waals surface area contributed by atoms with Gasteiger partial charge in [0.15, 0.2) is 5.13 Å². The molecule has 2 N–H and O–H groups in total. The Balaban J connectivity index is 1.30. The van der Waals surface area contributed by atoms with Crippen LogP contribution in [0.2, 0.25) is 0 Å². The predicted molar refractivity (Wildman–Crippen MR) is 139 cm³/mol. The zero-order valence-electron chi connectivity index (χ0n) is 18.2. The first-order valence-corrected chi connectivity index (χ1v) is 12.1. The molecule has 0 aliphatic heterocycles. The molecule has 0 spiro atoms. The first kappa shape index (κ1) is 22.8. The van der Waals surface area contributed by atoms with E-state index in [-0.39, 0.29) is 17.1 Å². The molecule has 4 aromatic rings. The minimum atomic E-state index is -0.298. The largest absolute Gasteiger partial charge is 0.323 e. The summed E-state index contributed by atoms with van der Waals surface area (Å²) in [6.45, 7) is 3.90. The summed E-state index contributed by atoms with van der Waals surface area (Å²) in [7, 11) is 0. The molecule has 1 unspecified atom stereocenters. The Morgan fingerprint density at radius 1 is 1.00 bits per heavy atom. The summed E-state index contributed by atoms with van der Waals surface area (Å²) in [6, 6.07) is 23.2. The van der Waals surface area contributed by atoms with Crippen LogP contribution in [0.5, 0.6) is 0 Å². The smallest absolute Gasteiger partial charge is 0.248 e. The maximum atomic E-state index is 12.6. The molecule has 1 atom stereocenters. The number of nitrogens with zero attached hydrogens (tertiary/aromatic N) is 1. The molecular formula is C26H23N3O2S2. The second kappa shape index (κ2) is 10.5. The van der Waals surface area contributed by atoms with Gasteiger partial charge >= 0.3 is 0 Å². The van der Waals surface area contributed by atoms with Crippen molar-refractivity contribution in [2.45, 2.75) is 24.0 Å². The van der Waals surface area contributed by atoms with Crippen LogP contribution >= 0.6 is 23.1 Å². The lowest BCUT2D eigenvalue weighted by molar-refractivity contribution is -0.115. The van der Waals surface area contributed by atoms with E-state index in [1.54, 1.807) is 6.08 Å². The molecular weight excluding hydrogens is 450 g/mol. The normalized spacial score (nSPS) is 12.1. The average Bonchev–Trinajstić information content (AvgIpc) is 3.21. The van der Waals surface area contributed by atoms with Gasteiger partial charge in [0.2, 0.25) is 11.8 Å². The van der Waals surface area contributed by atoms with E-state index in [1.807, 2.05) is 80.6 Å². The van der Waals surface area contributed by atoms with Crippen molar-refractivity contribution in [1.82, 2.24) is 4.98 Å². The molecule has 1 aromatic heterocycles. The number of fused-ring (bicyclic) bond motifs is 1. The standard InChI is InChI=1S/C26H23N3O2S2/c1-17-8-14-22-23(16-17)33-26(28-22)29-25(31)18(2)32-21-12-10-20(11-13-21)27-24(30)15-9-19-6-4-3-5-7-19/h3-16,18H,1-2H3,(H,27,30)(H,28,29,31)/b15-9+. The monoisotopic (exact) mass is 473 g/mol. The highest BCUT2D eigenvalue weighted by Crippen LogP contribution is 2.29. The zero-order chi connectivity index (χ0) is 23.2. The highest BCUT2D eigenvalue weighted by atomic mass is 32.2. The molecule has 0 bridgehead atoms. The molecule has 0 fully saturated rings. The molecule has 166 valence electrons. The third kappa shape index (κ3) is 6.31. The van der Waals surface area contributed by atoms with Crippen LogP contribution in [0.15, 0.2) is 83.8 Å². The van der Waals surface area contributed by atoms with E-state index in [4.69, 9.17) is 0 Å². The summed E-state index contributed by atoms with van der Waals surface area (Å²) in [5, 5.41) is 6.07. The van der Waals surface area contributed by atoms with Crippen molar-refractivity contribution in [3.63, 3.8) is 0 Å². The lowest BCUT2D eigenvalue weighted by Crippen LogP contribution is -2.22. The zero-order valence-corrected chi connectivity index (χ0v) is 19.9. The van der Waals surface area contributed by atoms with Gasteiger partial charge in [-0.25, -0.2) is 4.98 Å². The van der Waals surface area contributed by atoms with Crippen molar-refractivity contribution in [3.05, 3.63) is 90.0 Å². The van der Waals surface area contributed by atoms with E-state index in [1.165, 1.54) is 34.7 Å². The lowest BCUT2D eigenvalue weighted by atomic mass is 10.2. The molecule has 3 aromatic carbocycles. The summed E-state index contributed by atoms with van der Waals surface area (Å²) in [5.41, 5.74) is 3.72. The predicted octanol–water partition coefficient (Wildman–Crippen LogP) is 6.38. The summed E-state index contributed by atoms with van der Waals surface area (Å²) in [5.74, 6) is -0.294. The Morgan fingerprint density at radius 2 is 1.76 bits per heavy atom. The van der Waals surface area contributed by atoms with Crippen molar-refractivity contribution in [2.75, 3.05) is 10.6 Å². The quantitative estimate of drug-likeness (QED) is 0.241. The van der Waals surface area contributed by atoms with E-state index >= 15 is 0 Å². The number of aryl methyl sites for hydroxylation is 1. The number of carbonyl (C=O) groups is 2. The molecule has 0 saturated carbocycles.